The summed E-state index contributed by atoms with van der Waals surface area (Å²) in [6, 6.07) is 9.52. The van der Waals surface area contributed by atoms with Crippen LogP contribution in [0, 0.1) is 6.92 Å². The van der Waals surface area contributed by atoms with Gasteiger partial charge in [0.05, 0.1) is 0 Å². The van der Waals surface area contributed by atoms with Crippen LogP contribution in [0.15, 0.2) is 45.6 Å². The van der Waals surface area contributed by atoms with Crippen LogP contribution in [0.4, 0.5) is 11.6 Å². The zero-order valence-corrected chi connectivity index (χ0v) is 16.1. The second-order valence-corrected chi connectivity index (χ2v) is 6.49. The highest BCUT2D eigenvalue weighted by molar-refractivity contribution is 5.95. The van der Waals surface area contributed by atoms with E-state index in [0.29, 0.717) is 29.9 Å². The highest BCUT2D eigenvalue weighted by Gasteiger charge is 2.10. The molecule has 0 fully saturated rings. The normalized spacial score (nSPS) is 11.0. The molecule has 0 radical (unpaired) electrons. The van der Waals surface area contributed by atoms with E-state index in [9.17, 15) is 4.79 Å². The van der Waals surface area contributed by atoms with Gasteiger partial charge in [0.15, 0.2) is 5.82 Å². The van der Waals surface area contributed by atoms with Crippen LogP contribution in [0.3, 0.4) is 0 Å². The maximum atomic E-state index is 12.1. The van der Waals surface area contributed by atoms with Crippen molar-refractivity contribution >= 4 is 28.3 Å². The third kappa shape index (κ3) is 4.23. The van der Waals surface area contributed by atoms with Gasteiger partial charge < -0.3 is 19.7 Å². The maximum Gasteiger partial charge on any atom is 0.227 e. The van der Waals surface area contributed by atoms with Crippen molar-refractivity contribution in [2.75, 3.05) is 17.2 Å². The number of aromatic nitrogens is 4. The Morgan fingerprint density at radius 1 is 1.14 bits per heavy atom. The molecule has 4 rings (SSSR count). The molecule has 3 aromatic heterocycles. The number of carbonyl (C=O) groups is 1. The predicted molar refractivity (Wildman–Crippen MR) is 107 cm³/mol. The fraction of sp³-hybridized carbons (Fsp3) is 0.250. The lowest BCUT2D eigenvalue weighted by molar-refractivity contribution is -0.116. The van der Waals surface area contributed by atoms with E-state index in [4.69, 9.17) is 9.05 Å². The number of pyridine rings is 1. The van der Waals surface area contributed by atoms with Gasteiger partial charge in [-0.2, -0.15) is 4.98 Å². The lowest BCUT2D eigenvalue weighted by Crippen LogP contribution is -2.16. The number of anilines is 2. The van der Waals surface area contributed by atoms with E-state index in [1.165, 1.54) is 0 Å². The minimum atomic E-state index is -0.156. The lowest BCUT2D eigenvalue weighted by atomic mass is 10.1. The number of carbonyl (C=O) groups excluding carboxylic acids is 1. The molecule has 1 amide bonds. The molecule has 29 heavy (non-hydrogen) atoms. The van der Waals surface area contributed by atoms with Crippen molar-refractivity contribution in [2.45, 2.75) is 26.7 Å². The van der Waals surface area contributed by atoms with Crippen LogP contribution in [0.2, 0.25) is 0 Å². The molecule has 0 spiro atoms. The summed E-state index contributed by atoms with van der Waals surface area (Å²) in [5.41, 5.74) is 0.834. The molecule has 3 heterocycles. The molecule has 1 aromatic carbocycles. The van der Waals surface area contributed by atoms with E-state index < -0.39 is 0 Å². The first-order chi connectivity index (χ1) is 14.1. The molecule has 0 aliphatic carbocycles. The molecule has 0 aliphatic rings. The largest absolute Gasteiger partial charge is 0.369 e. The third-order valence-electron chi connectivity index (χ3n) is 4.37. The molecule has 4 aromatic rings. The fourth-order valence-electron chi connectivity index (χ4n) is 2.90. The fourth-order valence-corrected chi connectivity index (χ4v) is 2.90. The van der Waals surface area contributed by atoms with Crippen LogP contribution in [-0.2, 0) is 11.2 Å². The van der Waals surface area contributed by atoms with Gasteiger partial charge in [-0.3, -0.25) is 4.79 Å². The van der Waals surface area contributed by atoms with Gasteiger partial charge in [-0.25, -0.2) is 4.98 Å². The molecule has 0 saturated carbocycles. The Kier molecular flexibility index (Phi) is 5.19. The molecule has 0 atom stereocenters. The van der Waals surface area contributed by atoms with Gasteiger partial charge in [0.25, 0.3) is 0 Å². The van der Waals surface area contributed by atoms with Crippen LogP contribution in [0.1, 0.15) is 25.0 Å². The van der Waals surface area contributed by atoms with E-state index in [1.807, 2.05) is 31.2 Å². The van der Waals surface area contributed by atoms with Gasteiger partial charge in [0, 0.05) is 49.5 Å². The number of aryl methyl sites for hydroxylation is 2. The Bertz CT molecular complexity index is 1150. The quantitative estimate of drug-likeness (QED) is 0.490. The summed E-state index contributed by atoms with van der Waals surface area (Å²) >= 11 is 0. The number of hydrogen-bond donors (Lipinski definition) is 2. The number of nitrogens with zero attached hydrogens (tertiary/aromatic N) is 4. The molecule has 9 heteroatoms. The summed E-state index contributed by atoms with van der Waals surface area (Å²) in [4.78, 5) is 20.8. The number of nitrogens with one attached hydrogen (secondary N) is 2. The van der Waals surface area contributed by atoms with Crippen LogP contribution in [0.5, 0.6) is 0 Å². The van der Waals surface area contributed by atoms with E-state index in [2.05, 4.69) is 30.9 Å². The van der Waals surface area contributed by atoms with Crippen molar-refractivity contribution in [2.24, 2.45) is 0 Å². The van der Waals surface area contributed by atoms with Gasteiger partial charge in [-0.1, -0.05) is 29.4 Å². The number of fused-ring (bicyclic) bond motifs is 1. The average Bonchev–Trinajstić information content (AvgIpc) is 3.36. The second-order valence-electron chi connectivity index (χ2n) is 6.49. The van der Waals surface area contributed by atoms with Crippen LogP contribution in [-0.4, -0.2) is 32.7 Å². The Hall–Kier alpha value is -3.75. The van der Waals surface area contributed by atoms with Crippen molar-refractivity contribution in [3.05, 3.63) is 48.2 Å². The van der Waals surface area contributed by atoms with Crippen LogP contribution < -0.4 is 10.6 Å². The summed E-state index contributed by atoms with van der Waals surface area (Å²) in [6.45, 7) is 4.12. The first kappa shape index (κ1) is 18.6. The number of benzene rings is 1. The van der Waals surface area contributed by atoms with Crippen LogP contribution >= 0.6 is 0 Å². The smallest absolute Gasteiger partial charge is 0.227 e. The van der Waals surface area contributed by atoms with Gasteiger partial charge in [0.1, 0.15) is 11.6 Å². The highest BCUT2D eigenvalue weighted by atomic mass is 16.5. The van der Waals surface area contributed by atoms with E-state index in [-0.39, 0.29) is 12.3 Å². The number of hydrogen-bond acceptors (Lipinski definition) is 8. The lowest BCUT2D eigenvalue weighted by Gasteiger charge is -2.09. The molecule has 2 N–H and O–H groups in total. The Labute approximate surface area is 166 Å². The average molecular weight is 392 g/mol. The molecular formula is C20H20N6O3. The van der Waals surface area contributed by atoms with E-state index in [1.54, 1.807) is 19.2 Å². The summed E-state index contributed by atoms with van der Waals surface area (Å²) in [6.07, 6.45) is 2.71. The van der Waals surface area contributed by atoms with Gasteiger partial charge >= 0.3 is 0 Å². The second kappa shape index (κ2) is 8.09. The molecule has 0 aliphatic heterocycles. The Balaban J connectivity index is 1.44. The Morgan fingerprint density at radius 2 is 2.03 bits per heavy atom. The number of amides is 1. The monoisotopic (exact) mass is 392 g/mol. The zero-order valence-electron chi connectivity index (χ0n) is 16.1. The van der Waals surface area contributed by atoms with E-state index >= 15 is 0 Å². The predicted octanol–water partition coefficient (Wildman–Crippen LogP) is 3.58. The summed E-state index contributed by atoms with van der Waals surface area (Å²) in [5.74, 6) is 2.72. The SMILES string of the molecule is CCc1cc(NC(=O)CCNc2nccc3ccc(-c4noc(C)n4)cc23)no1. The first-order valence-electron chi connectivity index (χ1n) is 9.31. The topological polar surface area (TPSA) is 119 Å². The maximum absolute atomic E-state index is 12.1. The van der Waals surface area contributed by atoms with Gasteiger partial charge in [0.2, 0.25) is 17.6 Å². The standard InChI is InChI=1S/C20H20N6O3/c1-3-15-11-17(25-29-15)24-18(27)7-9-22-20-16-10-14(19-23-12(2)28-26-19)5-4-13(16)6-8-21-20/h4-6,8,10-11H,3,7,9H2,1-2H3,(H,21,22)(H,24,25,27). The van der Waals surface area contributed by atoms with Crippen molar-refractivity contribution < 1.29 is 13.8 Å². The first-order valence-corrected chi connectivity index (χ1v) is 9.31. The summed E-state index contributed by atoms with van der Waals surface area (Å²) < 4.78 is 10.1. The zero-order chi connectivity index (χ0) is 20.2. The molecule has 9 nitrogen and oxygen atoms in total. The molecule has 148 valence electrons. The van der Waals surface area contributed by atoms with Crippen molar-refractivity contribution in [1.29, 1.82) is 0 Å². The number of rotatable bonds is 7. The van der Waals surface area contributed by atoms with Crippen molar-refractivity contribution in [3.63, 3.8) is 0 Å². The van der Waals surface area contributed by atoms with E-state index in [0.717, 1.165) is 28.5 Å². The van der Waals surface area contributed by atoms with Crippen molar-refractivity contribution in [1.82, 2.24) is 20.3 Å². The summed E-state index contributed by atoms with van der Waals surface area (Å²) in [7, 11) is 0. The highest BCUT2D eigenvalue weighted by Crippen LogP contribution is 2.26. The minimum Gasteiger partial charge on any atom is -0.369 e. The van der Waals surface area contributed by atoms with Gasteiger partial charge in [-0.05, 0) is 17.5 Å². The molecule has 0 unspecified atom stereocenters. The molecular weight excluding hydrogens is 372 g/mol. The summed E-state index contributed by atoms with van der Waals surface area (Å²) in [5, 5.41) is 15.7. The minimum absolute atomic E-state index is 0.156. The van der Waals surface area contributed by atoms with Crippen molar-refractivity contribution in [3.8, 4) is 11.4 Å². The van der Waals surface area contributed by atoms with Crippen LogP contribution in [0.25, 0.3) is 22.2 Å². The Morgan fingerprint density at radius 3 is 2.79 bits per heavy atom. The molecule has 0 bridgehead atoms. The third-order valence-corrected chi connectivity index (χ3v) is 4.37. The molecule has 0 saturated heterocycles. The van der Waals surface area contributed by atoms with Gasteiger partial charge in [-0.15, -0.1) is 0 Å².